The third-order valence-electron chi connectivity index (χ3n) is 3.58. The summed E-state index contributed by atoms with van der Waals surface area (Å²) in [6.45, 7) is 3.63. The molecule has 0 fully saturated rings. The highest BCUT2D eigenvalue weighted by Gasteiger charge is 2.09. The Morgan fingerprint density at radius 2 is 1.80 bits per heavy atom. The van der Waals surface area contributed by atoms with Gasteiger partial charge in [0.1, 0.15) is 5.75 Å². The van der Waals surface area contributed by atoms with E-state index in [0.29, 0.717) is 16.3 Å². The van der Waals surface area contributed by atoms with Crippen molar-refractivity contribution in [2.45, 2.75) is 13.8 Å². The second-order valence-corrected chi connectivity index (χ2v) is 5.99. The predicted molar refractivity (Wildman–Crippen MR) is 98.2 cm³/mol. The summed E-state index contributed by atoms with van der Waals surface area (Å²) in [5.74, 6) is 0.0856. The molecule has 2 aromatic carbocycles. The summed E-state index contributed by atoms with van der Waals surface area (Å²) >= 11 is 5.90. The van der Waals surface area contributed by atoms with Crippen molar-refractivity contribution in [3.63, 3.8) is 0 Å². The van der Waals surface area contributed by atoms with Gasteiger partial charge in [0.2, 0.25) is 0 Å². The summed E-state index contributed by atoms with van der Waals surface area (Å²) in [4.78, 5) is 23.4. The number of halogens is 1. The minimum atomic E-state index is -0.435. The number of ether oxygens (including phenoxy) is 2. The highest BCUT2D eigenvalue weighted by Crippen LogP contribution is 2.25. The van der Waals surface area contributed by atoms with Crippen molar-refractivity contribution in [3.05, 3.63) is 69.8 Å². The van der Waals surface area contributed by atoms with Crippen molar-refractivity contribution in [2.24, 2.45) is 0 Å². The van der Waals surface area contributed by atoms with Crippen LogP contribution >= 0.6 is 11.6 Å². The van der Waals surface area contributed by atoms with Gasteiger partial charge in [-0.2, -0.15) is 0 Å². The van der Waals surface area contributed by atoms with E-state index in [9.17, 15) is 9.59 Å². The molecule has 0 aliphatic carbocycles. The van der Waals surface area contributed by atoms with Gasteiger partial charge in [-0.15, -0.1) is 0 Å². The van der Waals surface area contributed by atoms with E-state index in [4.69, 9.17) is 16.3 Å². The average Bonchev–Trinajstić information content (AvgIpc) is 2.58. The van der Waals surface area contributed by atoms with E-state index < -0.39 is 5.97 Å². The maximum absolute atomic E-state index is 12.2. The van der Waals surface area contributed by atoms with E-state index in [1.807, 2.05) is 26.0 Å². The highest BCUT2D eigenvalue weighted by atomic mass is 35.5. The van der Waals surface area contributed by atoms with Gasteiger partial charge < -0.3 is 9.47 Å². The molecule has 0 N–H and O–H groups in total. The van der Waals surface area contributed by atoms with Crippen LogP contribution in [0.3, 0.4) is 0 Å². The first-order valence-corrected chi connectivity index (χ1v) is 8.07. The monoisotopic (exact) mass is 358 g/mol. The number of carbonyl (C=O) groups excluding carboxylic acids is 2. The summed E-state index contributed by atoms with van der Waals surface area (Å²) in [7, 11) is 1.32. The van der Waals surface area contributed by atoms with E-state index >= 15 is 0 Å². The molecule has 0 atom stereocenters. The zero-order chi connectivity index (χ0) is 18.4. The van der Waals surface area contributed by atoms with Crippen molar-refractivity contribution in [1.82, 2.24) is 0 Å². The fourth-order valence-corrected chi connectivity index (χ4v) is 2.60. The molecule has 4 nitrogen and oxygen atoms in total. The molecule has 25 heavy (non-hydrogen) atoms. The number of rotatable bonds is 6. The second kappa shape index (κ2) is 8.49. The summed E-state index contributed by atoms with van der Waals surface area (Å²) in [5.41, 5.74) is 3.16. The smallest absolute Gasteiger partial charge is 0.343 e. The zero-order valence-corrected chi connectivity index (χ0v) is 15.1. The molecule has 0 amide bonds. The molecule has 5 heteroatoms. The predicted octanol–water partition coefficient (Wildman–Crippen LogP) is 4.40. The molecule has 0 spiro atoms. The van der Waals surface area contributed by atoms with E-state index in [0.717, 1.165) is 16.7 Å². The molecule has 0 aromatic heterocycles. The number of ketones is 1. The number of aryl methyl sites for hydroxylation is 2. The topological polar surface area (TPSA) is 52.6 Å². The first kappa shape index (κ1) is 18.7. The molecule has 2 rings (SSSR count). The Labute approximate surface area is 152 Å². The molecule has 130 valence electrons. The van der Waals surface area contributed by atoms with Crippen LogP contribution in [-0.4, -0.2) is 25.5 Å². The summed E-state index contributed by atoms with van der Waals surface area (Å²) in [5, 5.41) is 0.526. The fraction of sp³-hybridized carbons (Fsp3) is 0.200. The molecule has 0 saturated carbocycles. The van der Waals surface area contributed by atoms with Crippen LogP contribution in [-0.2, 0) is 9.53 Å². The Morgan fingerprint density at radius 3 is 2.40 bits per heavy atom. The van der Waals surface area contributed by atoms with Gasteiger partial charge in [0, 0.05) is 10.6 Å². The van der Waals surface area contributed by atoms with Crippen LogP contribution in [0, 0.1) is 13.8 Å². The van der Waals surface area contributed by atoms with Crippen LogP contribution in [0.4, 0.5) is 0 Å². The minimum absolute atomic E-state index is 0.121. The first-order chi connectivity index (χ1) is 11.9. The highest BCUT2D eigenvalue weighted by molar-refractivity contribution is 6.31. The molecule has 0 radical (unpaired) electrons. The van der Waals surface area contributed by atoms with Crippen LogP contribution < -0.4 is 4.74 Å². The Balaban J connectivity index is 2.15. The maximum Gasteiger partial charge on any atom is 0.343 e. The molecule has 0 heterocycles. The lowest BCUT2D eigenvalue weighted by Crippen LogP contribution is -2.13. The summed E-state index contributed by atoms with van der Waals surface area (Å²) < 4.78 is 10.1. The van der Waals surface area contributed by atoms with E-state index in [2.05, 4.69) is 4.74 Å². The van der Waals surface area contributed by atoms with Crippen LogP contribution in [0.1, 0.15) is 27.0 Å². The molecular formula is C20H19ClO4. The lowest BCUT2D eigenvalue weighted by atomic mass is 10.0. The normalized spacial score (nSPS) is 10.7. The fourth-order valence-electron chi connectivity index (χ4n) is 2.41. The summed E-state index contributed by atoms with van der Waals surface area (Å²) in [6, 6.07) is 10.6. The van der Waals surface area contributed by atoms with Crippen molar-refractivity contribution in [3.8, 4) is 5.75 Å². The lowest BCUT2D eigenvalue weighted by Gasteiger charge is -2.12. The molecule has 0 aliphatic heterocycles. The zero-order valence-electron chi connectivity index (χ0n) is 14.3. The lowest BCUT2D eigenvalue weighted by molar-refractivity contribution is -0.142. The standard InChI is InChI=1S/C20H19ClO4/c1-13-9-15(10-14(2)20(13)25-12-19(23)24-3)7-8-18(22)16-5-4-6-17(21)11-16/h4-11H,12H2,1-3H3/b8-7+. The van der Waals surface area contributed by atoms with Gasteiger partial charge in [-0.05, 0) is 60.9 Å². The Morgan fingerprint density at radius 1 is 1.12 bits per heavy atom. The third-order valence-corrected chi connectivity index (χ3v) is 3.82. The number of benzene rings is 2. The number of esters is 1. The third kappa shape index (κ3) is 5.19. The molecule has 0 unspecified atom stereocenters. The first-order valence-electron chi connectivity index (χ1n) is 7.69. The Bertz CT molecular complexity index is 801. The Kier molecular flexibility index (Phi) is 6.37. The molecule has 2 aromatic rings. The number of methoxy groups -OCH3 is 1. The number of allylic oxidation sites excluding steroid dienone is 1. The van der Waals surface area contributed by atoms with E-state index in [1.54, 1.807) is 30.3 Å². The quantitative estimate of drug-likeness (QED) is 0.436. The van der Waals surface area contributed by atoms with Gasteiger partial charge in [-0.25, -0.2) is 4.79 Å². The van der Waals surface area contributed by atoms with Crippen molar-refractivity contribution < 1.29 is 19.1 Å². The van der Waals surface area contributed by atoms with Crippen LogP contribution in [0.15, 0.2) is 42.5 Å². The van der Waals surface area contributed by atoms with Crippen molar-refractivity contribution in [2.75, 3.05) is 13.7 Å². The average molecular weight is 359 g/mol. The van der Waals surface area contributed by atoms with Gasteiger partial charge in [-0.3, -0.25) is 4.79 Å². The maximum atomic E-state index is 12.2. The number of carbonyl (C=O) groups is 2. The summed E-state index contributed by atoms with van der Waals surface area (Å²) in [6.07, 6.45) is 3.25. The number of hydrogen-bond acceptors (Lipinski definition) is 4. The molecular weight excluding hydrogens is 340 g/mol. The molecule has 0 bridgehead atoms. The van der Waals surface area contributed by atoms with E-state index in [1.165, 1.54) is 13.2 Å². The van der Waals surface area contributed by atoms with Gasteiger partial charge in [0.25, 0.3) is 0 Å². The molecule has 0 saturated heterocycles. The van der Waals surface area contributed by atoms with Gasteiger partial charge >= 0.3 is 5.97 Å². The molecule has 0 aliphatic rings. The second-order valence-electron chi connectivity index (χ2n) is 5.56. The van der Waals surface area contributed by atoms with E-state index in [-0.39, 0.29) is 12.4 Å². The largest absolute Gasteiger partial charge is 0.481 e. The number of hydrogen-bond donors (Lipinski definition) is 0. The van der Waals surface area contributed by atoms with Gasteiger partial charge in [0.15, 0.2) is 12.4 Å². The van der Waals surface area contributed by atoms with Crippen molar-refractivity contribution in [1.29, 1.82) is 0 Å². The van der Waals surface area contributed by atoms with Crippen LogP contribution in [0.2, 0.25) is 5.02 Å². The minimum Gasteiger partial charge on any atom is -0.481 e. The van der Waals surface area contributed by atoms with Crippen LogP contribution in [0.5, 0.6) is 5.75 Å². The van der Waals surface area contributed by atoms with Gasteiger partial charge in [0.05, 0.1) is 7.11 Å². The van der Waals surface area contributed by atoms with Crippen molar-refractivity contribution >= 4 is 29.4 Å². The van der Waals surface area contributed by atoms with Crippen LogP contribution in [0.25, 0.3) is 6.08 Å². The van der Waals surface area contributed by atoms with Gasteiger partial charge in [-0.1, -0.05) is 29.8 Å². The Hall–Kier alpha value is -2.59. The SMILES string of the molecule is COC(=O)COc1c(C)cc(/C=C/C(=O)c2cccc(Cl)c2)cc1C.